The number of fused-ring (bicyclic) bond motifs is 1. The molecule has 0 aliphatic rings. The summed E-state index contributed by atoms with van der Waals surface area (Å²) >= 11 is 1.57. The number of carbonyl (C=O) groups is 1. The van der Waals surface area contributed by atoms with Gasteiger partial charge in [-0.2, -0.15) is 0 Å². The number of aromatic nitrogens is 3. The van der Waals surface area contributed by atoms with Crippen molar-refractivity contribution < 1.29 is 9.53 Å². The second-order valence-corrected chi connectivity index (χ2v) is 7.93. The molecule has 4 rings (SSSR count). The maximum absolute atomic E-state index is 12.9. The third-order valence-corrected chi connectivity index (χ3v) is 5.35. The van der Waals surface area contributed by atoms with Crippen LogP contribution in [0.5, 0.6) is 5.75 Å². The molecule has 0 spiro atoms. The van der Waals surface area contributed by atoms with E-state index in [1.54, 1.807) is 60.8 Å². The topological polar surface area (TPSA) is 88.2 Å². The van der Waals surface area contributed by atoms with Crippen LogP contribution in [0.1, 0.15) is 26.9 Å². The minimum atomic E-state index is -0.218. The van der Waals surface area contributed by atoms with Gasteiger partial charge in [0.1, 0.15) is 18.2 Å². The van der Waals surface area contributed by atoms with Gasteiger partial charge in [-0.05, 0) is 37.3 Å². The number of amides is 1. The summed E-state index contributed by atoms with van der Waals surface area (Å²) in [5.74, 6) is 0.832. The zero-order valence-electron chi connectivity index (χ0n) is 16.6. The molecule has 0 radical (unpaired) electrons. The molecular weight excluding hydrogens is 400 g/mol. The fourth-order valence-corrected chi connectivity index (χ4v) is 3.67. The predicted octanol–water partition coefficient (Wildman–Crippen LogP) is 3.54. The van der Waals surface area contributed by atoms with E-state index in [0.717, 1.165) is 10.7 Å². The van der Waals surface area contributed by atoms with Gasteiger partial charge in [0.05, 0.1) is 28.1 Å². The maximum Gasteiger partial charge on any atom is 0.258 e. The summed E-state index contributed by atoms with van der Waals surface area (Å²) < 4.78 is 5.77. The monoisotopic (exact) mass is 420 g/mol. The number of nitrogens with one attached hydrogen (secondary N) is 1. The predicted molar refractivity (Wildman–Crippen MR) is 116 cm³/mol. The van der Waals surface area contributed by atoms with E-state index in [0.29, 0.717) is 34.6 Å². The normalized spacial score (nSPS) is 10.9. The van der Waals surface area contributed by atoms with E-state index in [1.165, 1.54) is 4.90 Å². The van der Waals surface area contributed by atoms with Gasteiger partial charge in [-0.1, -0.05) is 18.2 Å². The molecule has 1 amide bonds. The molecule has 152 valence electrons. The lowest BCUT2D eigenvalue weighted by molar-refractivity contribution is 0.0781. The number of para-hydroxylation sites is 1. The summed E-state index contributed by atoms with van der Waals surface area (Å²) in [5.41, 5.74) is 1.74. The Morgan fingerprint density at radius 2 is 2.00 bits per heavy atom. The molecule has 30 heavy (non-hydrogen) atoms. The highest BCUT2D eigenvalue weighted by molar-refractivity contribution is 7.09. The van der Waals surface area contributed by atoms with Crippen molar-refractivity contribution in [3.63, 3.8) is 0 Å². The lowest BCUT2D eigenvalue weighted by Gasteiger charge is -2.17. The lowest BCUT2D eigenvalue weighted by Crippen LogP contribution is -2.28. The highest BCUT2D eigenvalue weighted by Crippen LogP contribution is 2.18. The van der Waals surface area contributed by atoms with Crippen LogP contribution in [0.3, 0.4) is 0 Å². The average molecular weight is 420 g/mol. The van der Waals surface area contributed by atoms with Crippen molar-refractivity contribution in [1.29, 1.82) is 0 Å². The number of aryl methyl sites for hydroxylation is 1. The molecule has 0 aliphatic heterocycles. The molecule has 2 aromatic carbocycles. The van der Waals surface area contributed by atoms with Crippen LogP contribution in [0.25, 0.3) is 10.9 Å². The van der Waals surface area contributed by atoms with Crippen LogP contribution in [0.2, 0.25) is 0 Å². The number of rotatable bonds is 6. The minimum absolute atomic E-state index is 0.183. The average Bonchev–Trinajstić information content (AvgIpc) is 3.17. The van der Waals surface area contributed by atoms with Gasteiger partial charge in [-0.3, -0.25) is 9.59 Å². The van der Waals surface area contributed by atoms with Gasteiger partial charge in [-0.25, -0.2) is 9.97 Å². The van der Waals surface area contributed by atoms with Crippen LogP contribution >= 0.6 is 11.3 Å². The van der Waals surface area contributed by atoms with E-state index >= 15 is 0 Å². The lowest BCUT2D eigenvalue weighted by atomic mass is 10.2. The van der Waals surface area contributed by atoms with Crippen LogP contribution in [-0.4, -0.2) is 32.8 Å². The van der Waals surface area contributed by atoms with E-state index in [2.05, 4.69) is 15.0 Å². The maximum atomic E-state index is 12.9. The minimum Gasteiger partial charge on any atom is -0.487 e. The summed E-state index contributed by atoms with van der Waals surface area (Å²) in [6, 6.07) is 14.1. The standard InChI is InChI=1S/C22H20N4O3S/c1-14-23-16(13-30-14)12-29-17-7-5-6-15(10-17)22(28)26(2)11-20-24-19-9-4-3-8-18(19)21(27)25-20/h3-10,13H,11-12H2,1-2H3,(H,24,25,27). The molecule has 8 heteroatoms. The molecule has 0 saturated heterocycles. The molecular formula is C22H20N4O3S. The highest BCUT2D eigenvalue weighted by Gasteiger charge is 2.15. The quantitative estimate of drug-likeness (QED) is 0.515. The number of thiazole rings is 1. The molecule has 2 heterocycles. The molecule has 7 nitrogen and oxygen atoms in total. The smallest absolute Gasteiger partial charge is 0.258 e. The van der Waals surface area contributed by atoms with Crippen molar-refractivity contribution in [2.24, 2.45) is 0 Å². The first kappa shape index (κ1) is 19.8. The first-order chi connectivity index (χ1) is 14.5. The van der Waals surface area contributed by atoms with E-state index < -0.39 is 0 Å². The molecule has 0 saturated carbocycles. The number of hydrogen-bond acceptors (Lipinski definition) is 6. The Kier molecular flexibility index (Phi) is 5.58. The number of carbonyl (C=O) groups excluding carboxylic acids is 1. The Morgan fingerprint density at radius 1 is 1.17 bits per heavy atom. The van der Waals surface area contributed by atoms with Crippen LogP contribution in [0, 0.1) is 6.92 Å². The first-order valence-corrected chi connectivity index (χ1v) is 10.2. The van der Waals surface area contributed by atoms with E-state index in [9.17, 15) is 9.59 Å². The molecule has 4 aromatic rings. The highest BCUT2D eigenvalue weighted by atomic mass is 32.1. The fourth-order valence-electron chi connectivity index (χ4n) is 3.08. The van der Waals surface area contributed by atoms with Gasteiger partial charge >= 0.3 is 0 Å². The Balaban J connectivity index is 1.46. The number of aromatic amines is 1. The van der Waals surface area contributed by atoms with Crippen molar-refractivity contribution in [2.45, 2.75) is 20.1 Å². The largest absolute Gasteiger partial charge is 0.487 e. The molecule has 0 aliphatic carbocycles. The molecule has 0 bridgehead atoms. The second-order valence-electron chi connectivity index (χ2n) is 6.87. The summed E-state index contributed by atoms with van der Waals surface area (Å²) in [6.07, 6.45) is 0. The first-order valence-electron chi connectivity index (χ1n) is 9.37. The van der Waals surface area contributed by atoms with Crippen LogP contribution in [-0.2, 0) is 13.2 Å². The number of nitrogens with zero attached hydrogens (tertiary/aromatic N) is 3. The van der Waals surface area contributed by atoms with Gasteiger partial charge in [-0.15, -0.1) is 11.3 Å². The van der Waals surface area contributed by atoms with Crippen molar-refractivity contribution in [2.75, 3.05) is 7.05 Å². The number of hydrogen-bond donors (Lipinski definition) is 1. The van der Waals surface area contributed by atoms with Crippen LogP contribution in [0.15, 0.2) is 58.7 Å². The van der Waals surface area contributed by atoms with Gasteiger partial charge in [0.15, 0.2) is 0 Å². The molecule has 0 atom stereocenters. The Labute approximate surface area is 177 Å². The Hall–Kier alpha value is -3.52. The summed E-state index contributed by atoms with van der Waals surface area (Å²) in [5, 5.41) is 3.46. The molecule has 2 aromatic heterocycles. The van der Waals surface area contributed by atoms with Crippen LogP contribution < -0.4 is 10.3 Å². The second kappa shape index (κ2) is 8.46. The van der Waals surface area contributed by atoms with Gasteiger partial charge in [0.25, 0.3) is 11.5 Å². The number of ether oxygens (including phenoxy) is 1. The summed E-state index contributed by atoms with van der Waals surface area (Å²) in [7, 11) is 1.67. The van der Waals surface area contributed by atoms with Gasteiger partial charge in [0, 0.05) is 18.0 Å². The SMILES string of the molecule is Cc1nc(COc2cccc(C(=O)N(C)Cc3nc4ccccc4c(=O)[nH]3)c2)cs1. The van der Waals surface area contributed by atoms with Gasteiger partial charge < -0.3 is 14.6 Å². The Bertz CT molecular complexity index is 1260. The van der Waals surface area contributed by atoms with E-state index in [4.69, 9.17) is 4.74 Å². The zero-order chi connectivity index (χ0) is 21.1. The third kappa shape index (κ3) is 4.38. The van der Waals surface area contributed by atoms with E-state index in [1.807, 2.05) is 18.4 Å². The van der Waals surface area contributed by atoms with Crippen molar-refractivity contribution in [3.8, 4) is 5.75 Å². The molecule has 0 fully saturated rings. The summed E-state index contributed by atoms with van der Waals surface area (Å²) in [6.45, 7) is 2.48. The number of H-pyrrole nitrogens is 1. The Morgan fingerprint density at radius 3 is 2.80 bits per heavy atom. The molecule has 0 unspecified atom stereocenters. The zero-order valence-corrected chi connectivity index (χ0v) is 17.4. The van der Waals surface area contributed by atoms with Crippen molar-refractivity contribution in [1.82, 2.24) is 19.9 Å². The van der Waals surface area contributed by atoms with Crippen molar-refractivity contribution in [3.05, 3.63) is 86.4 Å². The van der Waals surface area contributed by atoms with E-state index in [-0.39, 0.29) is 18.0 Å². The fraction of sp³-hybridized carbons (Fsp3) is 0.182. The van der Waals surface area contributed by atoms with Crippen molar-refractivity contribution >= 4 is 28.1 Å². The van der Waals surface area contributed by atoms with Gasteiger partial charge in [0.2, 0.25) is 0 Å². The summed E-state index contributed by atoms with van der Waals surface area (Å²) in [4.78, 5) is 38.2. The number of benzene rings is 2. The third-order valence-electron chi connectivity index (χ3n) is 4.53. The van der Waals surface area contributed by atoms with Crippen LogP contribution in [0.4, 0.5) is 0 Å². The molecule has 1 N–H and O–H groups in total.